The molecular formula is C8H17NO6S. The zero-order chi connectivity index (χ0) is 13.4. The van der Waals surface area contributed by atoms with Crippen molar-refractivity contribution in [2.45, 2.75) is 13.3 Å². The third kappa shape index (κ3) is 13.0. The van der Waals surface area contributed by atoms with E-state index in [1.54, 1.807) is 14.1 Å². The van der Waals surface area contributed by atoms with Crippen molar-refractivity contribution in [3.05, 3.63) is 12.2 Å². The smallest absolute Gasteiger partial charge is 0.365 e. The average Bonchev–Trinajstić information content (AvgIpc) is 2.15. The number of carbonyl (C=O) groups is 1. The van der Waals surface area contributed by atoms with Crippen LogP contribution in [0.2, 0.25) is 0 Å². The predicted molar refractivity (Wildman–Crippen MR) is 57.8 cm³/mol. The molecule has 0 aromatic heterocycles. The average molecular weight is 255 g/mol. The summed E-state index contributed by atoms with van der Waals surface area (Å²) in [6, 6.07) is 0. The highest BCUT2D eigenvalue weighted by molar-refractivity contribution is 7.80. The molecule has 7 nitrogen and oxygen atoms in total. The van der Waals surface area contributed by atoms with Gasteiger partial charge in [-0.3, -0.25) is 8.74 Å². The Morgan fingerprint density at radius 2 is 1.81 bits per heavy atom. The summed E-state index contributed by atoms with van der Waals surface area (Å²) in [4.78, 5) is 15.5. The second-order valence-electron chi connectivity index (χ2n) is 2.74. The molecule has 8 heteroatoms. The number of hydrogen-bond acceptors (Lipinski definition) is 6. The highest BCUT2D eigenvalue weighted by Gasteiger charge is 2.06. The molecule has 96 valence electrons. The van der Waals surface area contributed by atoms with Gasteiger partial charge in [0.15, 0.2) is 0 Å². The normalized spacial score (nSPS) is 10.4. The minimum atomic E-state index is -4.16. The van der Waals surface area contributed by atoms with E-state index in [1.807, 2.05) is 6.92 Å². The molecule has 0 aliphatic heterocycles. The molecule has 0 fully saturated rings. The minimum absolute atomic E-state index is 0.354. The van der Waals surface area contributed by atoms with Crippen LogP contribution < -0.4 is 0 Å². The van der Waals surface area contributed by atoms with E-state index >= 15 is 0 Å². The predicted octanol–water partition coefficient (Wildman–Crippen LogP) is 0.408. The molecule has 16 heavy (non-hydrogen) atoms. The highest BCUT2D eigenvalue weighted by Crippen LogP contribution is 1.99. The van der Waals surface area contributed by atoms with E-state index in [-0.39, 0.29) is 5.97 Å². The van der Waals surface area contributed by atoms with E-state index in [4.69, 9.17) is 9.39 Å². The van der Waals surface area contributed by atoms with Crippen molar-refractivity contribution in [2.24, 2.45) is 0 Å². The second kappa shape index (κ2) is 8.22. The fourth-order valence-corrected chi connectivity index (χ4v) is 0.375. The third-order valence-electron chi connectivity index (χ3n) is 1.19. The lowest BCUT2D eigenvalue weighted by Crippen LogP contribution is -2.19. The van der Waals surface area contributed by atoms with Gasteiger partial charge in [0.1, 0.15) is 0 Å². The minimum Gasteiger partial charge on any atom is -0.365 e. The van der Waals surface area contributed by atoms with Crippen LogP contribution in [0.4, 0.5) is 0 Å². The molecule has 0 unspecified atom stereocenters. The summed E-state index contributed by atoms with van der Waals surface area (Å²) >= 11 is 0. The Morgan fingerprint density at radius 3 is 2.00 bits per heavy atom. The third-order valence-corrected chi connectivity index (χ3v) is 1.61. The number of rotatable bonds is 4. The van der Waals surface area contributed by atoms with Crippen molar-refractivity contribution in [3.63, 3.8) is 0 Å². The van der Waals surface area contributed by atoms with Gasteiger partial charge in [-0.05, 0) is 6.42 Å². The van der Waals surface area contributed by atoms with Crippen LogP contribution in [0, 0.1) is 0 Å². The zero-order valence-electron chi connectivity index (χ0n) is 9.76. The Bertz CT molecular complexity index is 321. The van der Waals surface area contributed by atoms with Gasteiger partial charge in [-0.15, -0.1) is 5.06 Å². The van der Waals surface area contributed by atoms with Crippen molar-refractivity contribution in [2.75, 3.05) is 21.2 Å². The van der Waals surface area contributed by atoms with Gasteiger partial charge in [0, 0.05) is 19.7 Å². The van der Waals surface area contributed by atoms with Gasteiger partial charge in [0.2, 0.25) is 0 Å². The molecule has 0 bridgehead atoms. The Morgan fingerprint density at radius 1 is 1.44 bits per heavy atom. The van der Waals surface area contributed by atoms with Crippen LogP contribution in [0.1, 0.15) is 13.3 Å². The van der Waals surface area contributed by atoms with Gasteiger partial charge in [0.25, 0.3) is 0 Å². The summed E-state index contributed by atoms with van der Waals surface area (Å²) in [5, 5.41) is 1.35. The zero-order valence-corrected chi connectivity index (χ0v) is 10.6. The van der Waals surface area contributed by atoms with Crippen LogP contribution in [0.15, 0.2) is 12.2 Å². The Balaban J connectivity index is 0. The SMILES string of the molecule is C=C(CC)C(=O)ON(C)C.COS(=O)(=O)O. The van der Waals surface area contributed by atoms with Crippen LogP contribution >= 0.6 is 0 Å². The number of hydrogen-bond donors (Lipinski definition) is 1. The van der Waals surface area contributed by atoms with Crippen LogP contribution in [-0.2, 0) is 24.2 Å². The Hall–Kier alpha value is -0.960. The van der Waals surface area contributed by atoms with Gasteiger partial charge >= 0.3 is 16.4 Å². The largest absolute Gasteiger partial charge is 0.397 e. The summed E-state index contributed by atoms with van der Waals surface area (Å²) in [7, 11) is 0.0156. The lowest BCUT2D eigenvalue weighted by molar-refractivity contribution is -0.173. The first kappa shape index (κ1) is 17.4. The standard InChI is InChI=1S/C7H13NO2.CH4O4S/c1-5-6(2)7(9)10-8(3)4;1-5-6(2,3)4/h2,5H2,1,3-4H3;1H3,(H,2,3,4). The summed E-state index contributed by atoms with van der Waals surface area (Å²) < 4.78 is 29.7. The summed E-state index contributed by atoms with van der Waals surface area (Å²) in [5.74, 6) is -0.354. The van der Waals surface area contributed by atoms with Gasteiger partial charge in [-0.2, -0.15) is 8.42 Å². The van der Waals surface area contributed by atoms with Crippen LogP contribution in [0.3, 0.4) is 0 Å². The first-order chi connectivity index (χ1) is 7.14. The molecule has 0 saturated carbocycles. The molecule has 0 amide bonds. The molecule has 0 atom stereocenters. The van der Waals surface area contributed by atoms with E-state index in [1.165, 1.54) is 5.06 Å². The maximum Gasteiger partial charge on any atom is 0.397 e. The molecule has 0 aliphatic carbocycles. The molecule has 0 radical (unpaired) electrons. The fourth-order valence-electron chi connectivity index (χ4n) is 0.375. The summed E-state index contributed by atoms with van der Waals surface area (Å²) in [6.45, 7) is 5.39. The monoisotopic (exact) mass is 255 g/mol. The lowest BCUT2D eigenvalue weighted by Gasteiger charge is -2.09. The van der Waals surface area contributed by atoms with Crippen molar-refractivity contribution in [1.82, 2.24) is 5.06 Å². The Labute approximate surface area is 95.6 Å². The van der Waals surface area contributed by atoms with Gasteiger partial charge < -0.3 is 4.84 Å². The molecule has 0 rings (SSSR count). The molecule has 1 N–H and O–H groups in total. The first-order valence-corrected chi connectivity index (χ1v) is 5.61. The van der Waals surface area contributed by atoms with E-state index < -0.39 is 10.4 Å². The maximum absolute atomic E-state index is 10.8. The molecule has 0 heterocycles. The highest BCUT2D eigenvalue weighted by atomic mass is 32.3. The molecule has 0 aliphatic rings. The van der Waals surface area contributed by atoms with Crippen molar-refractivity contribution in [3.8, 4) is 0 Å². The van der Waals surface area contributed by atoms with E-state index in [9.17, 15) is 13.2 Å². The fraction of sp³-hybridized carbons (Fsp3) is 0.625. The van der Waals surface area contributed by atoms with Crippen LogP contribution in [0.25, 0.3) is 0 Å². The second-order valence-corrected chi connectivity index (χ2v) is 3.93. The van der Waals surface area contributed by atoms with E-state index in [0.717, 1.165) is 7.11 Å². The van der Waals surface area contributed by atoms with E-state index in [0.29, 0.717) is 12.0 Å². The Kier molecular flexibility index (Phi) is 8.96. The quantitative estimate of drug-likeness (QED) is 0.441. The summed E-state index contributed by atoms with van der Waals surface area (Å²) in [6.07, 6.45) is 0.632. The number of hydroxylamine groups is 2. The van der Waals surface area contributed by atoms with E-state index in [2.05, 4.69) is 10.8 Å². The lowest BCUT2D eigenvalue weighted by atomic mass is 10.2. The van der Waals surface area contributed by atoms with Crippen molar-refractivity contribution < 1.29 is 26.8 Å². The van der Waals surface area contributed by atoms with Gasteiger partial charge in [0.05, 0.1) is 7.11 Å². The van der Waals surface area contributed by atoms with Crippen LogP contribution in [-0.4, -0.2) is 45.2 Å². The molecule has 0 saturated heterocycles. The number of nitrogens with zero attached hydrogens (tertiary/aromatic N) is 1. The van der Waals surface area contributed by atoms with Gasteiger partial charge in [-0.25, -0.2) is 4.79 Å². The molecule has 0 spiro atoms. The molecule has 0 aromatic carbocycles. The molecule has 0 aromatic rings. The van der Waals surface area contributed by atoms with Crippen molar-refractivity contribution in [1.29, 1.82) is 0 Å². The van der Waals surface area contributed by atoms with Crippen LogP contribution in [0.5, 0.6) is 0 Å². The molecular weight excluding hydrogens is 238 g/mol. The van der Waals surface area contributed by atoms with Crippen molar-refractivity contribution >= 4 is 16.4 Å². The number of carbonyl (C=O) groups excluding carboxylic acids is 1. The topological polar surface area (TPSA) is 93.1 Å². The first-order valence-electron chi connectivity index (χ1n) is 4.24. The van der Waals surface area contributed by atoms with Gasteiger partial charge in [-0.1, -0.05) is 13.5 Å². The maximum atomic E-state index is 10.8. The summed E-state index contributed by atoms with van der Waals surface area (Å²) in [5.41, 5.74) is 0.494.